The second-order valence-corrected chi connectivity index (χ2v) is 5.83. The van der Waals surface area contributed by atoms with E-state index in [-0.39, 0.29) is 4.90 Å². The summed E-state index contributed by atoms with van der Waals surface area (Å²) in [6.45, 7) is 1.21. The number of hydrogen-bond donors (Lipinski definition) is 1. The third-order valence-corrected chi connectivity index (χ3v) is 4.89. The molecule has 0 saturated carbocycles. The fourth-order valence-electron chi connectivity index (χ4n) is 1.67. The van der Waals surface area contributed by atoms with Crippen molar-refractivity contribution in [2.24, 2.45) is 0 Å². The predicted molar refractivity (Wildman–Crippen MR) is 59.6 cm³/mol. The van der Waals surface area contributed by atoms with E-state index in [9.17, 15) is 8.42 Å². The molecule has 6 heteroatoms. The van der Waals surface area contributed by atoms with Crippen molar-refractivity contribution in [3.63, 3.8) is 0 Å². The summed E-state index contributed by atoms with van der Waals surface area (Å²) in [5.41, 5.74) is 0. The lowest BCUT2D eigenvalue weighted by Crippen LogP contribution is -2.28. The number of hydrogen-bond acceptors (Lipinski definition) is 3. The van der Waals surface area contributed by atoms with Crippen LogP contribution in [0.5, 0.6) is 0 Å². The Labute approximate surface area is 94.0 Å². The molecule has 0 radical (unpaired) electrons. The van der Waals surface area contributed by atoms with E-state index in [1.54, 1.807) is 12.3 Å². The third-order valence-electron chi connectivity index (χ3n) is 2.47. The molecule has 1 fully saturated rings. The lowest BCUT2D eigenvalue weighted by atomic mass is 10.4. The van der Waals surface area contributed by atoms with Crippen molar-refractivity contribution in [3.8, 4) is 0 Å². The van der Waals surface area contributed by atoms with Gasteiger partial charge in [0.2, 0.25) is 10.0 Å². The summed E-state index contributed by atoms with van der Waals surface area (Å²) in [6, 6.07) is 1.60. The second-order valence-electron chi connectivity index (χ2n) is 3.48. The van der Waals surface area contributed by atoms with Crippen molar-refractivity contribution >= 4 is 22.2 Å². The topological polar surface area (TPSA) is 53.2 Å². The zero-order valence-corrected chi connectivity index (χ0v) is 9.77. The highest BCUT2D eigenvalue weighted by atomic mass is 32.2. The van der Waals surface area contributed by atoms with Crippen LogP contribution in [0.15, 0.2) is 23.4 Å². The largest absolute Gasteiger partial charge is 0.366 e. The maximum atomic E-state index is 12.1. The lowest BCUT2D eigenvalue weighted by Gasteiger charge is -2.14. The standard InChI is InChI=1S/C9H12N2O2S2/c12-15(13,11-5-1-2-6-11)9-7-10-4-3-8(9)14/h3-4,7H,1-2,5-6H2,(H,10,14). The van der Waals surface area contributed by atoms with Gasteiger partial charge in [-0.05, 0) is 18.9 Å². The first-order valence-corrected chi connectivity index (χ1v) is 6.64. The van der Waals surface area contributed by atoms with Crippen LogP contribution in [0.25, 0.3) is 0 Å². The number of nitrogens with zero attached hydrogens (tertiary/aromatic N) is 1. The van der Waals surface area contributed by atoms with Gasteiger partial charge in [0.05, 0.1) is 4.51 Å². The number of aromatic nitrogens is 1. The van der Waals surface area contributed by atoms with Crippen LogP contribution < -0.4 is 0 Å². The molecule has 0 bridgehead atoms. The molecule has 1 N–H and O–H groups in total. The van der Waals surface area contributed by atoms with Crippen molar-refractivity contribution in [1.29, 1.82) is 0 Å². The van der Waals surface area contributed by atoms with E-state index < -0.39 is 10.0 Å². The Bertz CT molecular complexity index is 501. The Hall–Kier alpha value is -0.720. The SMILES string of the molecule is O=S(=O)(c1c[nH]ccc1=S)N1CCCC1. The zero-order valence-electron chi connectivity index (χ0n) is 8.14. The molecule has 15 heavy (non-hydrogen) atoms. The molecule has 1 aliphatic heterocycles. The smallest absolute Gasteiger partial charge is 0.245 e. The van der Waals surface area contributed by atoms with Gasteiger partial charge in [-0.2, -0.15) is 4.31 Å². The van der Waals surface area contributed by atoms with Crippen LogP contribution in [-0.2, 0) is 10.0 Å². The summed E-state index contributed by atoms with van der Waals surface area (Å²) in [5.74, 6) is 0. The molecule has 1 aromatic heterocycles. The minimum atomic E-state index is -3.37. The van der Waals surface area contributed by atoms with E-state index in [1.807, 2.05) is 0 Å². The fourth-order valence-corrected chi connectivity index (χ4v) is 3.67. The second kappa shape index (κ2) is 4.03. The normalized spacial score (nSPS) is 18.1. The summed E-state index contributed by atoms with van der Waals surface area (Å²) in [6.07, 6.45) is 4.95. The van der Waals surface area contributed by atoms with E-state index in [1.165, 1.54) is 10.5 Å². The maximum absolute atomic E-state index is 12.1. The van der Waals surface area contributed by atoms with Crippen LogP contribution in [0.4, 0.5) is 0 Å². The molecule has 0 unspecified atom stereocenters. The number of nitrogens with one attached hydrogen (secondary N) is 1. The first-order chi connectivity index (χ1) is 7.12. The molecular formula is C9H12N2O2S2. The molecule has 0 aromatic carbocycles. The van der Waals surface area contributed by atoms with Crippen molar-refractivity contribution < 1.29 is 8.42 Å². The minimum absolute atomic E-state index is 0.210. The number of rotatable bonds is 2. The van der Waals surface area contributed by atoms with Crippen LogP contribution in [0, 0.1) is 4.51 Å². The van der Waals surface area contributed by atoms with Gasteiger partial charge in [0.1, 0.15) is 4.90 Å². The van der Waals surface area contributed by atoms with Gasteiger partial charge in [-0.25, -0.2) is 8.42 Å². The number of H-pyrrole nitrogens is 1. The highest BCUT2D eigenvalue weighted by molar-refractivity contribution is 7.89. The average molecular weight is 244 g/mol. The minimum Gasteiger partial charge on any atom is -0.366 e. The van der Waals surface area contributed by atoms with Gasteiger partial charge in [-0.15, -0.1) is 0 Å². The molecule has 0 spiro atoms. The quantitative estimate of drug-likeness (QED) is 0.803. The molecule has 82 valence electrons. The van der Waals surface area contributed by atoms with Gasteiger partial charge in [0.15, 0.2) is 0 Å². The fraction of sp³-hybridized carbons (Fsp3) is 0.444. The summed E-state index contributed by atoms with van der Waals surface area (Å²) in [7, 11) is -3.37. The zero-order chi connectivity index (χ0) is 10.9. The molecule has 1 saturated heterocycles. The molecule has 2 heterocycles. The van der Waals surface area contributed by atoms with E-state index in [2.05, 4.69) is 4.98 Å². The van der Waals surface area contributed by atoms with Gasteiger partial charge in [0, 0.05) is 25.5 Å². The van der Waals surface area contributed by atoms with E-state index in [0.29, 0.717) is 17.6 Å². The number of pyridine rings is 1. The Morgan fingerprint density at radius 2 is 2.00 bits per heavy atom. The average Bonchev–Trinajstić information content (AvgIpc) is 2.71. The highest BCUT2D eigenvalue weighted by Gasteiger charge is 2.27. The summed E-state index contributed by atoms with van der Waals surface area (Å²) in [5, 5.41) is 0. The van der Waals surface area contributed by atoms with Crippen molar-refractivity contribution in [1.82, 2.24) is 9.29 Å². The van der Waals surface area contributed by atoms with Crippen LogP contribution in [0.2, 0.25) is 0 Å². The Balaban J connectivity index is 2.46. The predicted octanol–water partition coefficient (Wildman–Crippen LogP) is 1.53. The van der Waals surface area contributed by atoms with E-state index >= 15 is 0 Å². The third kappa shape index (κ3) is 1.97. The number of aromatic amines is 1. The van der Waals surface area contributed by atoms with Gasteiger partial charge < -0.3 is 4.98 Å². The van der Waals surface area contributed by atoms with Crippen molar-refractivity contribution in [2.75, 3.05) is 13.1 Å². The summed E-state index contributed by atoms with van der Waals surface area (Å²) >= 11 is 5.01. The van der Waals surface area contributed by atoms with Crippen LogP contribution in [-0.4, -0.2) is 30.8 Å². The first-order valence-electron chi connectivity index (χ1n) is 4.79. The highest BCUT2D eigenvalue weighted by Crippen LogP contribution is 2.20. The van der Waals surface area contributed by atoms with Crippen LogP contribution in [0.3, 0.4) is 0 Å². The molecule has 1 aliphatic rings. The van der Waals surface area contributed by atoms with Crippen LogP contribution in [0.1, 0.15) is 12.8 Å². The molecule has 0 atom stereocenters. The molecule has 2 rings (SSSR count). The monoisotopic (exact) mass is 244 g/mol. The Morgan fingerprint density at radius 1 is 1.33 bits per heavy atom. The molecule has 0 amide bonds. The summed E-state index contributed by atoms with van der Waals surface area (Å²) in [4.78, 5) is 2.97. The van der Waals surface area contributed by atoms with Gasteiger partial charge in [0.25, 0.3) is 0 Å². The molecule has 4 nitrogen and oxygen atoms in total. The Morgan fingerprint density at radius 3 is 2.60 bits per heavy atom. The summed E-state index contributed by atoms with van der Waals surface area (Å²) < 4.78 is 26.1. The van der Waals surface area contributed by atoms with Gasteiger partial charge in [-0.1, -0.05) is 12.2 Å². The van der Waals surface area contributed by atoms with Crippen molar-refractivity contribution in [3.05, 3.63) is 23.0 Å². The molecular weight excluding hydrogens is 232 g/mol. The van der Waals surface area contributed by atoms with E-state index in [0.717, 1.165) is 12.8 Å². The Kier molecular flexibility index (Phi) is 2.90. The first kappa shape index (κ1) is 10.8. The molecule has 0 aliphatic carbocycles. The van der Waals surface area contributed by atoms with Crippen molar-refractivity contribution in [2.45, 2.75) is 17.7 Å². The lowest BCUT2D eigenvalue weighted by molar-refractivity contribution is 0.477. The van der Waals surface area contributed by atoms with E-state index in [4.69, 9.17) is 12.2 Å². The molecule has 1 aromatic rings. The van der Waals surface area contributed by atoms with Gasteiger partial charge >= 0.3 is 0 Å². The maximum Gasteiger partial charge on any atom is 0.245 e. The van der Waals surface area contributed by atoms with Gasteiger partial charge in [-0.3, -0.25) is 0 Å². The number of sulfonamides is 1. The van der Waals surface area contributed by atoms with Crippen LogP contribution >= 0.6 is 12.2 Å².